The van der Waals surface area contributed by atoms with Crippen LogP contribution in [0.3, 0.4) is 0 Å². The van der Waals surface area contributed by atoms with Crippen LogP contribution in [0, 0.1) is 17.2 Å². The lowest BCUT2D eigenvalue weighted by atomic mass is 9.82. The number of pyridine rings is 1. The summed E-state index contributed by atoms with van der Waals surface area (Å²) in [4.78, 5) is 36.1. The maximum atomic E-state index is 13.1. The Bertz CT molecular complexity index is 1210. The fourth-order valence-corrected chi connectivity index (χ4v) is 4.64. The summed E-state index contributed by atoms with van der Waals surface area (Å²) in [5.74, 6) is 0.343. The molecule has 1 aromatic carbocycles. The Balaban J connectivity index is 1.44. The number of aromatic nitrogens is 3. The molecular weight excluding hydrogens is 378 g/mol. The van der Waals surface area contributed by atoms with Crippen LogP contribution in [0.2, 0.25) is 0 Å². The quantitative estimate of drug-likeness (QED) is 0.662. The highest BCUT2D eigenvalue weighted by molar-refractivity contribution is 5.94. The highest BCUT2D eigenvalue weighted by Gasteiger charge is 2.37. The number of carbonyl (C=O) groups is 1. The van der Waals surface area contributed by atoms with Crippen molar-refractivity contribution in [2.45, 2.75) is 18.9 Å². The second kappa shape index (κ2) is 7.23. The van der Waals surface area contributed by atoms with Gasteiger partial charge in [0, 0.05) is 54.8 Å². The molecule has 2 aliphatic heterocycles. The van der Waals surface area contributed by atoms with Gasteiger partial charge in [-0.25, -0.2) is 9.97 Å². The third kappa shape index (κ3) is 3.07. The summed E-state index contributed by atoms with van der Waals surface area (Å²) in [5.41, 5.74) is 3.40. The number of benzene rings is 1. The molecule has 7 heteroatoms. The molecule has 2 aromatic heterocycles. The lowest BCUT2D eigenvalue weighted by molar-refractivity contribution is 0.0594. The van der Waals surface area contributed by atoms with Crippen molar-refractivity contribution < 1.29 is 4.79 Å². The van der Waals surface area contributed by atoms with Crippen molar-refractivity contribution in [2.24, 2.45) is 5.92 Å². The van der Waals surface area contributed by atoms with E-state index < -0.39 is 0 Å². The van der Waals surface area contributed by atoms with E-state index in [1.807, 2.05) is 21.6 Å². The molecule has 30 heavy (non-hydrogen) atoms. The molecule has 0 radical (unpaired) electrons. The summed E-state index contributed by atoms with van der Waals surface area (Å²) in [5, 5.41) is 8.95. The Labute approximate surface area is 173 Å². The van der Waals surface area contributed by atoms with Gasteiger partial charge in [-0.05, 0) is 48.7 Å². The Morgan fingerprint density at radius 2 is 1.80 bits per heavy atom. The molecule has 148 valence electrons. The molecule has 2 aliphatic rings. The molecule has 5 rings (SSSR count). The van der Waals surface area contributed by atoms with Crippen molar-refractivity contribution in [3.63, 3.8) is 0 Å². The molecule has 3 aromatic rings. The van der Waals surface area contributed by atoms with Gasteiger partial charge in [-0.15, -0.1) is 0 Å². The van der Waals surface area contributed by atoms with Crippen LogP contribution in [0.15, 0.2) is 59.9 Å². The molecule has 0 saturated carbocycles. The maximum Gasteiger partial charge on any atom is 0.258 e. The molecular formula is C23H19N5O2. The van der Waals surface area contributed by atoms with Crippen LogP contribution in [0.5, 0.6) is 0 Å². The number of hydrogen-bond donors (Lipinski definition) is 0. The number of likely N-dealkylation sites (tertiary alicyclic amines) is 1. The van der Waals surface area contributed by atoms with Crippen LogP contribution in [-0.2, 0) is 6.54 Å². The third-order valence-corrected chi connectivity index (χ3v) is 6.02. The predicted octanol–water partition coefficient (Wildman–Crippen LogP) is 2.44. The molecule has 2 atom stereocenters. The predicted molar refractivity (Wildman–Crippen MR) is 110 cm³/mol. The van der Waals surface area contributed by atoms with Gasteiger partial charge in [0.05, 0.1) is 17.2 Å². The molecule has 7 nitrogen and oxygen atoms in total. The zero-order valence-electron chi connectivity index (χ0n) is 16.2. The number of hydrogen-bond acceptors (Lipinski definition) is 5. The van der Waals surface area contributed by atoms with Crippen molar-refractivity contribution in [1.82, 2.24) is 19.4 Å². The fraction of sp³-hybridized carbons (Fsp3) is 0.261. The van der Waals surface area contributed by atoms with Crippen molar-refractivity contribution in [3.05, 3.63) is 82.3 Å². The highest BCUT2D eigenvalue weighted by Crippen LogP contribution is 2.36. The van der Waals surface area contributed by atoms with Crippen molar-refractivity contribution in [2.75, 3.05) is 13.1 Å². The highest BCUT2D eigenvalue weighted by atomic mass is 16.2. The van der Waals surface area contributed by atoms with Gasteiger partial charge in [-0.1, -0.05) is 0 Å². The van der Waals surface area contributed by atoms with E-state index in [2.05, 4.69) is 16.0 Å². The van der Waals surface area contributed by atoms with E-state index >= 15 is 0 Å². The van der Waals surface area contributed by atoms with E-state index in [0.29, 0.717) is 41.9 Å². The van der Waals surface area contributed by atoms with Gasteiger partial charge in [-0.3, -0.25) is 9.59 Å². The normalized spacial score (nSPS) is 19.6. The molecule has 0 N–H and O–H groups in total. The number of nitriles is 1. The Kier molecular flexibility index (Phi) is 4.40. The van der Waals surface area contributed by atoms with Crippen molar-refractivity contribution in [3.8, 4) is 17.2 Å². The van der Waals surface area contributed by atoms with Crippen LogP contribution in [0.4, 0.5) is 0 Å². The monoisotopic (exact) mass is 397 g/mol. The number of fused-ring (bicyclic) bond motifs is 4. The minimum absolute atomic E-state index is 0.0242. The lowest BCUT2D eigenvalue weighted by Gasteiger charge is -2.43. The van der Waals surface area contributed by atoms with E-state index in [-0.39, 0.29) is 23.3 Å². The summed E-state index contributed by atoms with van der Waals surface area (Å²) in [6, 6.07) is 12.7. The van der Waals surface area contributed by atoms with Crippen molar-refractivity contribution >= 4 is 5.91 Å². The van der Waals surface area contributed by atoms with Gasteiger partial charge in [0.1, 0.15) is 6.33 Å². The molecule has 1 amide bonds. The number of rotatable bonds is 2. The number of nitrogens with zero attached hydrogens (tertiary/aromatic N) is 5. The summed E-state index contributed by atoms with van der Waals surface area (Å²) in [6.45, 7) is 1.81. The van der Waals surface area contributed by atoms with E-state index in [1.165, 1.54) is 6.33 Å². The first-order valence-corrected chi connectivity index (χ1v) is 9.92. The second-order valence-corrected chi connectivity index (χ2v) is 7.91. The Hall–Kier alpha value is -3.79. The SMILES string of the molecule is N#Cc1ccc(C(=O)N2C[C@H]3C[C@H](C2)c2ccc(-c4cncnc4)c(=O)n2C3)cc1. The minimum atomic E-state index is -0.0250. The molecule has 2 bridgehead atoms. The first kappa shape index (κ1) is 18.3. The molecule has 1 saturated heterocycles. The van der Waals surface area contributed by atoms with Crippen LogP contribution in [0.25, 0.3) is 11.1 Å². The van der Waals surface area contributed by atoms with Gasteiger partial charge in [0.2, 0.25) is 0 Å². The number of carbonyl (C=O) groups excluding carboxylic acids is 1. The van der Waals surface area contributed by atoms with E-state index in [1.54, 1.807) is 36.7 Å². The van der Waals surface area contributed by atoms with E-state index in [4.69, 9.17) is 5.26 Å². The average Bonchev–Trinajstić information content (AvgIpc) is 2.80. The van der Waals surface area contributed by atoms with Gasteiger partial charge < -0.3 is 9.47 Å². The third-order valence-electron chi connectivity index (χ3n) is 6.02. The summed E-state index contributed by atoms with van der Waals surface area (Å²) < 4.78 is 1.87. The average molecular weight is 397 g/mol. The summed E-state index contributed by atoms with van der Waals surface area (Å²) in [6.07, 6.45) is 5.73. The van der Waals surface area contributed by atoms with Gasteiger partial charge >= 0.3 is 0 Å². The number of amides is 1. The minimum Gasteiger partial charge on any atom is -0.338 e. The summed E-state index contributed by atoms with van der Waals surface area (Å²) >= 11 is 0. The van der Waals surface area contributed by atoms with Gasteiger partial charge in [0.25, 0.3) is 11.5 Å². The number of piperidine rings is 1. The fourth-order valence-electron chi connectivity index (χ4n) is 4.64. The van der Waals surface area contributed by atoms with Crippen LogP contribution in [-0.4, -0.2) is 38.4 Å². The zero-order chi connectivity index (χ0) is 20.7. The molecule has 0 unspecified atom stereocenters. The smallest absolute Gasteiger partial charge is 0.258 e. The molecule has 0 aliphatic carbocycles. The first-order valence-electron chi connectivity index (χ1n) is 9.92. The molecule has 0 spiro atoms. The van der Waals surface area contributed by atoms with Gasteiger partial charge in [-0.2, -0.15) is 5.26 Å². The Morgan fingerprint density at radius 3 is 2.53 bits per heavy atom. The van der Waals surface area contributed by atoms with E-state index in [9.17, 15) is 9.59 Å². The maximum absolute atomic E-state index is 13.1. The van der Waals surface area contributed by atoms with Crippen LogP contribution >= 0.6 is 0 Å². The first-order chi connectivity index (χ1) is 14.6. The Morgan fingerprint density at radius 1 is 1.03 bits per heavy atom. The lowest BCUT2D eigenvalue weighted by Crippen LogP contribution is -2.49. The topological polar surface area (TPSA) is 91.9 Å². The van der Waals surface area contributed by atoms with E-state index in [0.717, 1.165) is 12.1 Å². The molecule has 1 fully saturated rings. The second-order valence-electron chi connectivity index (χ2n) is 7.91. The summed E-state index contributed by atoms with van der Waals surface area (Å²) in [7, 11) is 0. The largest absolute Gasteiger partial charge is 0.338 e. The standard InChI is InChI=1S/C23H19N5O2/c24-8-15-1-3-17(4-2-15)22(29)27-11-16-7-18(13-27)21-6-5-20(23(30)28(21)12-16)19-9-25-14-26-10-19/h1-6,9-10,14,16,18H,7,11-13H2/t16-,18-/m1/s1. The molecule has 4 heterocycles. The zero-order valence-corrected chi connectivity index (χ0v) is 16.2. The van der Waals surface area contributed by atoms with Gasteiger partial charge in [0.15, 0.2) is 0 Å². The van der Waals surface area contributed by atoms with Crippen molar-refractivity contribution in [1.29, 1.82) is 5.26 Å². The van der Waals surface area contributed by atoms with Crippen LogP contribution < -0.4 is 5.56 Å². The van der Waals surface area contributed by atoms with Crippen LogP contribution in [0.1, 0.15) is 34.0 Å².